The van der Waals surface area contributed by atoms with Crippen molar-refractivity contribution >= 4 is 17.3 Å². The zero-order valence-electron chi connectivity index (χ0n) is 9.61. The van der Waals surface area contributed by atoms with Crippen molar-refractivity contribution in [3.63, 3.8) is 0 Å². The Hall–Kier alpha value is -1.75. The number of carbonyl (C=O) groups excluding carboxylic acids is 1. The van der Waals surface area contributed by atoms with Gasteiger partial charge in [0.05, 0.1) is 0 Å². The maximum absolute atomic E-state index is 12.0. The van der Waals surface area contributed by atoms with Gasteiger partial charge in [-0.25, -0.2) is 0 Å². The fourth-order valence-electron chi connectivity index (χ4n) is 1.92. The van der Waals surface area contributed by atoms with Crippen LogP contribution in [-0.2, 0) is 4.74 Å². The van der Waals surface area contributed by atoms with Crippen molar-refractivity contribution in [1.82, 2.24) is 5.32 Å². The van der Waals surface area contributed by atoms with Crippen LogP contribution in [0.5, 0.6) is 0 Å². The predicted octanol–water partition coefficient (Wildman–Crippen LogP) is 0.760. The van der Waals surface area contributed by atoms with E-state index in [0.29, 0.717) is 30.2 Å². The largest absolute Gasteiger partial charge is 0.399 e. The summed E-state index contributed by atoms with van der Waals surface area (Å²) in [7, 11) is 0. The normalized spacial score (nSPS) is 16.7. The van der Waals surface area contributed by atoms with Crippen molar-refractivity contribution in [1.29, 1.82) is 0 Å². The highest BCUT2D eigenvalue weighted by Crippen LogP contribution is 2.14. The van der Waals surface area contributed by atoms with Gasteiger partial charge in [-0.05, 0) is 31.0 Å². The van der Waals surface area contributed by atoms with Crippen LogP contribution in [0.2, 0.25) is 0 Å². The molecule has 1 fully saturated rings. The number of hydrogen-bond acceptors (Lipinski definition) is 4. The monoisotopic (exact) mass is 235 g/mol. The standard InChI is InChI=1S/C12H17N3O2/c13-9-5-8(6-10(14)7-9)12(16)15-11-1-3-17-4-2-11/h5-7,11H,1-4,13-14H2,(H,15,16). The molecule has 1 heterocycles. The highest BCUT2D eigenvalue weighted by atomic mass is 16.5. The van der Waals surface area contributed by atoms with Crippen LogP contribution < -0.4 is 16.8 Å². The van der Waals surface area contributed by atoms with Crippen LogP contribution in [0, 0.1) is 0 Å². The van der Waals surface area contributed by atoms with Gasteiger partial charge in [-0.2, -0.15) is 0 Å². The number of rotatable bonds is 2. The molecule has 0 aliphatic carbocycles. The Morgan fingerprint density at radius 1 is 1.18 bits per heavy atom. The fourth-order valence-corrected chi connectivity index (χ4v) is 1.92. The molecule has 0 bridgehead atoms. The van der Waals surface area contributed by atoms with Crippen LogP contribution in [0.25, 0.3) is 0 Å². The number of anilines is 2. The summed E-state index contributed by atoms with van der Waals surface area (Å²) in [5.41, 5.74) is 12.8. The van der Waals surface area contributed by atoms with E-state index in [2.05, 4.69) is 5.32 Å². The van der Waals surface area contributed by atoms with E-state index in [1.54, 1.807) is 18.2 Å². The van der Waals surface area contributed by atoms with Crippen LogP contribution in [0.15, 0.2) is 18.2 Å². The van der Waals surface area contributed by atoms with E-state index in [-0.39, 0.29) is 11.9 Å². The summed E-state index contributed by atoms with van der Waals surface area (Å²) in [6.45, 7) is 1.40. The highest BCUT2D eigenvalue weighted by molar-refractivity contribution is 5.96. The van der Waals surface area contributed by atoms with Gasteiger partial charge in [0.15, 0.2) is 0 Å². The number of nitrogen functional groups attached to an aromatic ring is 2. The third-order valence-corrected chi connectivity index (χ3v) is 2.80. The third-order valence-electron chi connectivity index (χ3n) is 2.80. The van der Waals surface area contributed by atoms with Gasteiger partial charge in [0, 0.05) is 36.2 Å². The number of ether oxygens (including phenoxy) is 1. The van der Waals surface area contributed by atoms with Crippen molar-refractivity contribution < 1.29 is 9.53 Å². The van der Waals surface area contributed by atoms with Crippen LogP contribution in [-0.4, -0.2) is 25.2 Å². The average molecular weight is 235 g/mol. The Balaban J connectivity index is 2.03. The molecule has 17 heavy (non-hydrogen) atoms. The lowest BCUT2D eigenvalue weighted by Gasteiger charge is -2.23. The lowest BCUT2D eigenvalue weighted by molar-refractivity contribution is 0.0696. The maximum atomic E-state index is 12.0. The molecule has 5 N–H and O–H groups in total. The number of amides is 1. The zero-order chi connectivity index (χ0) is 12.3. The van der Waals surface area contributed by atoms with Gasteiger partial charge in [-0.3, -0.25) is 4.79 Å². The molecular weight excluding hydrogens is 218 g/mol. The van der Waals surface area contributed by atoms with Crippen molar-refractivity contribution in [3.8, 4) is 0 Å². The molecule has 0 saturated carbocycles. The molecule has 1 aliphatic heterocycles. The second-order valence-corrected chi connectivity index (χ2v) is 4.25. The molecule has 1 aliphatic rings. The molecule has 0 spiro atoms. The first-order valence-electron chi connectivity index (χ1n) is 5.70. The van der Waals surface area contributed by atoms with Gasteiger partial charge in [0.1, 0.15) is 0 Å². The summed E-state index contributed by atoms with van der Waals surface area (Å²) in [4.78, 5) is 12.0. The summed E-state index contributed by atoms with van der Waals surface area (Å²) >= 11 is 0. The van der Waals surface area contributed by atoms with E-state index < -0.39 is 0 Å². The number of nitrogens with one attached hydrogen (secondary N) is 1. The molecule has 0 radical (unpaired) electrons. The van der Waals surface area contributed by atoms with E-state index in [1.165, 1.54) is 0 Å². The Labute approximate surface area is 100 Å². The van der Waals surface area contributed by atoms with Crippen molar-refractivity contribution in [3.05, 3.63) is 23.8 Å². The molecule has 1 saturated heterocycles. The molecular formula is C12H17N3O2. The molecule has 0 atom stereocenters. The molecule has 1 aromatic carbocycles. The molecule has 2 rings (SSSR count). The number of nitrogens with two attached hydrogens (primary N) is 2. The summed E-state index contributed by atoms with van der Waals surface area (Å²) in [6, 6.07) is 5.07. The molecule has 1 aromatic rings. The number of benzene rings is 1. The lowest BCUT2D eigenvalue weighted by atomic mass is 10.1. The van der Waals surface area contributed by atoms with Crippen LogP contribution in [0.1, 0.15) is 23.2 Å². The maximum Gasteiger partial charge on any atom is 0.251 e. The summed E-state index contributed by atoms with van der Waals surface area (Å²) in [5.74, 6) is -0.129. The minimum atomic E-state index is -0.129. The zero-order valence-corrected chi connectivity index (χ0v) is 9.61. The van der Waals surface area contributed by atoms with Crippen LogP contribution >= 0.6 is 0 Å². The first kappa shape index (κ1) is 11.7. The van der Waals surface area contributed by atoms with E-state index >= 15 is 0 Å². The van der Waals surface area contributed by atoms with Gasteiger partial charge in [0.2, 0.25) is 0 Å². The summed E-state index contributed by atoms with van der Waals surface area (Å²) < 4.78 is 5.23. The highest BCUT2D eigenvalue weighted by Gasteiger charge is 2.17. The van der Waals surface area contributed by atoms with Crippen molar-refractivity contribution in [2.24, 2.45) is 0 Å². The number of carbonyl (C=O) groups is 1. The van der Waals surface area contributed by atoms with Gasteiger partial charge in [0.25, 0.3) is 5.91 Å². The third kappa shape index (κ3) is 3.10. The number of hydrogen-bond donors (Lipinski definition) is 3. The summed E-state index contributed by atoms with van der Waals surface area (Å²) in [6.07, 6.45) is 1.70. The fraction of sp³-hybridized carbons (Fsp3) is 0.417. The van der Waals surface area contributed by atoms with Crippen LogP contribution in [0.4, 0.5) is 11.4 Å². The van der Waals surface area contributed by atoms with Gasteiger partial charge >= 0.3 is 0 Å². The molecule has 92 valence electrons. The SMILES string of the molecule is Nc1cc(N)cc(C(=O)NC2CCOCC2)c1. The topological polar surface area (TPSA) is 90.4 Å². The Morgan fingerprint density at radius 2 is 1.76 bits per heavy atom. The molecule has 0 aromatic heterocycles. The van der Waals surface area contributed by atoms with Gasteiger partial charge in [-0.1, -0.05) is 0 Å². The average Bonchev–Trinajstić information content (AvgIpc) is 2.29. The second kappa shape index (κ2) is 5.05. The lowest BCUT2D eigenvalue weighted by Crippen LogP contribution is -2.38. The molecule has 0 unspecified atom stereocenters. The van der Waals surface area contributed by atoms with E-state index in [0.717, 1.165) is 12.8 Å². The van der Waals surface area contributed by atoms with Crippen molar-refractivity contribution in [2.45, 2.75) is 18.9 Å². The molecule has 1 amide bonds. The van der Waals surface area contributed by atoms with E-state index in [1.807, 2.05) is 0 Å². The van der Waals surface area contributed by atoms with Crippen LogP contribution in [0.3, 0.4) is 0 Å². The van der Waals surface area contributed by atoms with Gasteiger partial charge in [-0.15, -0.1) is 0 Å². The molecule has 5 nitrogen and oxygen atoms in total. The Kier molecular flexibility index (Phi) is 3.49. The van der Waals surface area contributed by atoms with Crippen molar-refractivity contribution in [2.75, 3.05) is 24.7 Å². The Morgan fingerprint density at radius 3 is 2.35 bits per heavy atom. The summed E-state index contributed by atoms with van der Waals surface area (Å²) in [5, 5.41) is 2.96. The predicted molar refractivity (Wildman–Crippen MR) is 66.6 cm³/mol. The minimum Gasteiger partial charge on any atom is -0.399 e. The second-order valence-electron chi connectivity index (χ2n) is 4.25. The molecule has 5 heteroatoms. The van der Waals surface area contributed by atoms with E-state index in [4.69, 9.17) is 16.2 Å². The Bertz CT molecular complexity index is 394. The first-order chi connectivity index (χ1) is 8.15. The minimum absolute atomic E-state index is 0.129. The van der Waals surface area contributed by atoms with E-state index in [9.17, 15) is 4.79 Å². The quantitative estimate of drug-likeness (QED) is 0.660. The smallest absolute Gasteiger partial charge is 0.251 e. The van der Waals surface area contributed by atoms with Gasteiger partial charge < -0.3 is 21.5 Å². The first-order valence-corrected chi connectivity index (χ1v) is 5.70.